The van der Waals surface area contributed by atoms with Crippen molar-refractivity contribution in [2.45, 2.75) is 6.42 Å². The molecule has 0 aromatic heterocycles. The standard InChI is InChI=1S/C15H9F3O2/c16-10-6-11(17)14(12(18)7-10)15(19)9-1-2-13-8(5-9)3-4-20-13/h1-2,5-7H,3-4H2. The molecule has 0 unspecified atom stereocenters. The molecule has 1 aliphatic rings. The van der Waals surface area contributed by atoms with E-state index in [1.54, 1.807) is 12.1 Å². The molecule has 5 heteroatoms. The van der Waals surface area contributed by atoms with Crippen LogP contribution >= 0.6 is 0 Å². The Hall–Kier alpha value is -2.30. The lowest BCUT2D eigenvalue weighted by atomic mass is 9.99. The summed E-state index contributed by atoms with van der Waals surface area (Å²) in [5.41, 5.74) is 0.225. The lowest BCUT2D eigenvalue weighted by Gasteiger charge is -2.06. The number of ketones is 1. The first kappa shape index (κ1) is 12.7. The minimum absolute atomic E-state index is 0.152. The van der Waals surface area contributed by atoms with Gasteiger partial charge in [-0.15, -0.1) is 0 Å². The van der Waals surface area contributed by atoms with Crippen molar-refractivity contribution in [2.75, 3.05) is 6.61 Å². The van der Waals surface area contributed by atoms with Crippen LogP contribution in [-0.4, -0.2) is 12.4 Å². The molecule has 1 heterocycles. The highest BCUT2D eigenvalue weighted by Crippen LogP contribution is 2.27. The fraction of sp³-hybridized carbons (Fsp3) is 0.133. The van der Waals surface area contributed by atoms with Crippen molar-refractivity contribution < 1.29 is 22.7 Å². The highest BCUT2D eigenvalue weighted by molar-refractivity contribution is 6.09. The van der Waals surface area contributed by atoms with Gasteiger partial charge in [-0.3, -0.25) is 4.79 Å². The van der Waals surface area contributed by atoms with Crippen molar-refractivity contribution in [2.24, 2.45) is 0 Å². The summed E-state index contributed by atoms with van der Waals surface area (Å²) < 4.78 is 45.3. The number of halogens is 3. The lowest BCUT2D eigenvalue weighted by Crippen LogP contribution is -2.08. The molecule has 1 aliphatic heterocycles. The number of fused-ring (bicyclic) bond motifs is 1. The Morgan fingerprint density at radius 1 is 1.05 bits per heavy atom. The van der Waals surface area contributed by atoms with Crippen molar-refractivity contribution in [3.8, 4) is 5.75 Å². The maximum absolute atomic E-state index is 13.6. The fourth-order valence-electron chi connectivity index (χ4n) is 2.23. The van der Waals surface area contributed by atoms with Gasteiger partial charge in [-0.25, -0.2) is 13.2 Å². The van der Waals surface area contributed by atoms with Crippen LogP contribution in [0.15, 0.2) is 30.3 Å². The highest BCUT2D eigenvalue weighted by atomic mass is 19.1. The summed E-state index contributed by atoms with van der Waals surface area (Å²) in [4.78, 5) is 12.2. The minimum atomic E-state index is -1.20. The van der Waals surface area contributed by atoms with Gasteiger partial charge in [0.15, 0.2) is 5.78 Å². The first-order valence-electron chi connectivity index (χ1n) is 6.01. The van der Waals surface area contributed by atoms with E-state index in [-0.39, 0.29) is 5.56 Å². The fourth-order valence-corrected chi connectivity index (χ4v) is 2.23. The van der Waals surface area contributed by atoms with Gasteiger partial charge in [-0.05, 0) is 23.8 Å². The van der Waals surface area contributed by atoms with E-state index in [0.717, 1.165) is 5.56 Å². The van der Waals surface area contributed by atoms with Crippen LogP contribution in [0.5, 0.6) is 5.75 Å². The molecule has 0 fully saturated rings. The monoisotopic (exact) mass is 278 g/mol. The molecule has 102 valence electrons. The molecule has 0 saturated carbocycles. The Morgan fingerprint density at radius 2 is 1.75 bits per heavy atom. The number of carbonyl (C=O) groups excluding carboxylic acids is 1. The first-order valence-corrected chi connectivity index (χ1v) is 6.01. The van der Waals surface area contributed by atoms with E-state index in [1.807, 2.05) is 0 Å². The molecule has 0 atom stereocenters. The summed E-state index contributed by atoms with van der Waals surface area (Å²) in [6, 6.07) is 5.57. The van der Waals surface area contributed by atoms with Gasteiger partial charge >= 0.3 is 0 Å². The zero-order valence-electron chi connectivity index (χ0n) is 10.3. The van der Waals surface area contributed by atoms with E-state index in [9.17, 15) is 18.0 Å². The summed E-state index contributed by atoms with van der Waals surface area (Å²) in [6.07, 6.45) is 0.644. The molecular formula is C15H9F3O2. The molecule has 0 bridgehead atoms. The van der Waals surface area contributed by atoms with Crippen LogP contribution in [0.2, 0.25) is 0 Å². The van der Waals surface area contributed by atoms with Crippen molar-refractivity contribution in [1.29, 1.82) is 0 Å². The zero-order valence-corrected chi connectivity index (χ0v) is 10.3. The second-order valence-corrected chi connectivity index (χ2v) is 4.49. The van der Waals surface area contributed by atoms with E-state index < -0.39 is 28.8 Å². The van der Waals surface area contributed by atoms with Crippen molar-refractivity contribution in [3.63, 3.8) is 0 Å². The number of ether oxygens (including phenoxy) is 1. The Morgan fingerprint density at radius 3 is 2.45 bits per heavy atom. The van der Waals surface area contributed by atoms with Crippen LogP contribution in [0.4, 0.5) is 13.2 Å². The minimum Gasteiger partial charge on any atom is -0.493 e. The molecule has 0 aliphatic carbocycles. The van der Waals surface area contributed by atoms with Gasteiger partial charge in [-0.1, -0.05) is 0 Å². The largest absolute Gasteiger partial charge is 0.493 e. The van der Waals surface area contributed by atoms with Gasteiger partial charge < -0.3 is 4.74 Å². The molecular weight excluding hydrogens is 269 g/mol. The third-order valence-electron chi connectivity index (χ3n) is 3.19. The van der Waals surface area contributed by atoms with E-state index in [1.165, 1.54) is 6.07 Å². The summed E-state index contributed by atoms with van der Waals surface area (Å²) in [5.74, 6) is -3.61. The number of hydrogen-bond acceptors (Lipinski definition) is 2. The van der Waals surface area contributed by atoms with E-state index in [2.05, 4.69) is 0 Å². The third-order valence-corrected chi connectivity index (χ3v) is 3.19. The van der Waals surface area contributed by atoms with Gasteiger partial charge in [0.05, 0.1) is 12.2 Å². The van der Waals surface area contributed by atoms with Gasteiger partial charge in [0.2, 0.25) is 0 Å². The van der Waals surface area contributed by atoms with E-state index in [4.69, 9.17) is 4.74 Å². The molecule has 0 spiro atoms. The van der Waals surface area contributed by atoms with Crippen LogP contribution < -0.4 is 4.74 Å². The molecule has 0 N–H and O–H groups in total. The maximum atomic E-state index is 13.6. The SMILES string of the molecule is O=C(c1ccc2c(c1)CCO2)c1c(F)cc(F)cc1F. The Kier molecular flexibility index (Phi) is 2.97. The van der Waals surface area contributed by atoms with Crippen LogP contribution in [0.1, 0.15) is 21.5 Å². The normalized spacial score (nSPS) is 12.9. The smallest absolute Gasteiger partial charge is 0.198 e. The molecule has 0 radical (unpaired) electrons. The topological polar surface area (TPSA) is 26.3 Å². The van der Waals surface area contributed by atoms with Crippen molar-refractivity contribution >= 4 is 5.78 Å². The van der Waals surface area contributed by atoms with Crippen LogP contribution in [-0.2, 0) is 6.42 Å². The van der Waals surface area contributed by atoms with Gasteiger partial charge in [-0.2, -0.15) is 0 Å². The molecule has 3 rings (SSSR count). The summed E-state index contributed by atoms with van der Waals surface area (Å²) in [7, 11) is 0. The molecule has 20 heavy (non-hydrogen) atoms. The number of carbonyl (C=O) groups is 1. The molecule has 0 saturated heterocycles. The first-order chi connectivity index (χ1) is 9.56. The summed E-state index contributed by atoms with van der Waals surface area (Å²) in [5, 5.41) is 0. The van der Waals surface area contributed by atoms with Gasteiger partial charge in [0.1, 0.15) is 23.2 Å². The number of benzene rings is 2. The Labute approximate surface area is 112 Å². The maximum Gasteiger partial charge on any atom is 0.198 e. The number of rotatable bonds is 2. The second-order valence-electron chi connectivity index (χ2n) is 4.49. The average Bonchev–Trinajstić information content (AvgIpc) is 2.84. The second kappa shape index (κ2) is 4.67. The summed E-state index contributed by atoms with van der Waals surface area (Å²) >= 11 is 0. The van der Waals surface area contributed by atoms with Crippen LogP contribution in [0, 0.1) is 17.5 Å². The molecule has 2 aromatic rings. The predicted octanol–water partition coefficient (Wildman–Crippen LogP) is 3.27. The Balaban J connectivity index is 2.05. The zero-order chi connectivity index (χ0) is 14.3. The quantitative estimate of drug-likeness (QED) is 0.788. The van der Waals surface area contributed by atoms with Crippen LogP contribution in [0.3, 0.4) is 0 Å². The predicted molar refractivity (Wildman–Crippen MR) is 65.4 cm³/mol. The highest BCUT2D eigenvalue weighted by Gasteiger charge is 2.22. The lowest BCUT2D eigenvalue weighted by molar-refractivity contribution is 0.103. The van der Waals surface area contributed by atoms with Gasteiger partial charge in [0, 0.05) is 24.1 Å². The average molecular weight is 278 g/mol. The van der Waals surface area contributed by atoms with E-state index >= 15 is 0 Å². The van der Waals surface area contributed by atoms with Crippen molar-refractivity contribution in [1.82, 2.24) is 0 Å². The van der Waals surface area contributed by atoms with Crippen molar-refractivity contribution in [3.05, 3.63) is 64.5 Å². The van der Waals surface area contributed by atoms with E-state index in [0.29, 0.717) is 30.9 Å². The Bertz CT molecular complexity index is 687. The molecule has 2 aromatic carbocycles. The van der Waals surface area contributed by atoms with Crippen LogP contribution in [0.25, 0.3) is 0 Å². The molecule has 2 nitrogen and oxygen atoms in total. The summed E-state index contributed by atoms with van der Waals surface area (Å²) in [6.45, 7) is 0.520. The molecule has 0 amide bonds. The number of hydrogen-bond donors (Lipinski definition) is 0. The third kappa shape index (κ3) is 2.05. The van der Waals surface area contributed by atoms with Gasteiger partial charge in [0.25, 0.3) is 0 Å².